The van der Waals surface area contributed by atoms with Gasteiger partial charge in [0, 0.05) is 0 Å². The molecule has 1 atom stereocenters. The monoisotopic (exact) mass is 325 g/mol. The summed E-state index contributed by atoms with van der Waals surface area (Å²) in [7, 11) is 0. The number of benzene rings is 2. The minimum Gasteiger partial charge on any atom is -0.494 e. The molecule has 4 nitrogen and oxygen atoms in total. The number of hydrogen-bond acceptors (Lipinski definition) is 3. The fourth-order valence-electron chi connectivity index (χ4n) is 2.94. The molecule has 0 saturated heterocycles. The molecular formula is C20H23NO3. The van der Waals surface area contributed by atoms with Gasteiger partial charge in [-0.15, -0.1) is 0 Å². The molecule has 1 N–H and O–H groups in total. The first-order chi connectivity index (χ1) is 11.8. The SMILES string of the molecule is CCCOc1ccc(OCC(=O)N[C@H]2CCc3ccccc32)cc1. The third kappa shape index (κ3) is 4.07. The lowest BCUT2D eigenvalue weighted by atomic mass is 10.1. The Bertz CT molecular complexity index is 682. The molecule has 0 aliphatic heterocycles. The summed E-state index contributed by atoms with van der Waals surface area (Å²) in [6, 6.07) is 15.7. The van der Waals surface area contributed by atoms with E-state index >= 15 is 0 Å². The largest absolute Gasteiger partial charge is 0.494 e. The van der Waals surface area contributed by atoms with Gasteiger partial charge in [0.1, 0.15) is 11.5 Å². The number of ether oxygens (including phenoxy) is 2. The lowest BCUT2D eigenvalue weighted by molar-refractivity contribution is -0.123. The Morgan fingerprint density at radius 1 is 1.08 bits per heavy atom. The van der Waals surface area contributed by atoms with E-state index in [1.807, 2.05) is 36.4 Å². The van der Waals surface area contributed by atoms with Gasteiger partial charge in [-0.1, -0.05) is 31.2 Å². The fourth-order valence-corrected chi connectivity index (χ4v) is 2.94. The van der Waals surface area contributed by atoms with Crippen LogP contribution < -0.4 is 14.8 Å². The lowest BCUT2D eigenvalue weighted by Crippen LogP contribution is -2.31. The first kappa shape index (κ1) is 16.4. The Balaban J connectivity index is 1.48. The molecule has 0 heterocycles. The Hall–Kier alpha value is -2.49. The van der Waals surface area contributed by atoms with Crippen LogP contribution in [0.1, 0.15) is 36.9 Å². The Kier molecular flexibility index (Phi) is 5.36. The zero-order valence-electron chi connectivity index (χ0n) is 14.0. The number of nitrogens with one attached hydrogen (secondary N) is 1. The zero-order chi connectivity index (χ0) is 16.8. The van der Waals surface area contributed by atoms with Crippen molar-refractivity contribution in [3.05, 3.63) is 59.7 Å². The molecule has 0 bridgehead atoms. The average molecular weight is 325 g/mol. The van der Waals surface area contributed by atoms with Gasteiger partial charge in [-0.2, -0.15) is 0 Å². The van der Waals surface area contributed by atoms with E-state index < -0.39 is 0 Å². The molecule has 0 spiro atoms. The van der Waals surface area contributed by atoms with Gasteiger partial charge in [-0.25, -0.2) is 0 Å². The summed E-state index contributed by atoms with van der Waals surface area (Å²) in [5, 5.41) is 3.06. The average Bonchev–Trinajstić information content (AvgIpc) is 3.02. The van der Waals surface area contributed by atoms with E-state index in [9.17, 15) is 4.79 Å². The molecule has 0 fully saturated rings. The number of amides is 1. The molecule has 2 aromatic carbocycles. The summed E-state index contributed by atoms with van der Waals surface area (Å²) in [5.41, 5.74) is 2.55. The molecule has 1 amide bonds. The van der Waals surface area contributed by atoms with Crippen LogP contribution in [0.25, 0.3) is 0 Å². The van der Waals surface area contributed by atoms with Gasteiger partial charge in [0.15, 0.2) is 6.61 Å². The standard InChI is InChI=1S/C20H23NO3/c1-2-13-23-16-8-10-17(11-9-16)24-14-20(22)21-19-12-7-15-5-3-4-6-18(15)19/h3-6,8-11,19H,2,7,12-14H2,1H3,(H,21,22)/t19-/m0/s1. The van der Waals surface area contributed by atoms with Crippen molar-refractivity contribution in [2.75, 3.05) is 13.2 Å². The molecule has 3 rings (SSSR count). The van der Waals surface area contributed by atoms with Gasteiger partial charge in [-0.05, 0) is 54.7 Å². The van der Waals surface area contributed by atoms with Crippen LogP contribution >= 0.6 is 0 Å². The molecule has 24 heavy (non-hydrogen) atoms. The van der Waals surface area contributed by atoms with Crippen molar-refractivity contribution in [2.24, 2.45) is 0 Å². The fraction of sp³-hybridized carbons (Fsp3) is 0.350. The number of hydrogen-bond donors (Lipinski definition) is 1. The summed E-state index contributed by atoms with van der Waals surface area (Å²) in [6.07, 6.45) is 2.94. The zero-order valence-corrected chi connectivity index (χ0v) is 14.0. The van der Waals surface area contributed by atoms with E-state index in [0.717, 1.165) is 25.0 Å². The third-order valence-electron chi connectivity index (χ3n) is 4.13. The normalized spacial score (nSPS) is 15.6. The van der Waals surface area contributed by atoms with Crippen molar-refractivity contribution in [3.8, 4) is 11.5 Å². The highest BCUT2D eigenvalue weighted by molar-refractivity contribution is 5.78. The van der Waals surface area contributed by atoms with Gasteiger partial charge < -0.3 is 14.8 Å². The maximum absolute atomic E-state index is 12.1. The number of rotatable bonds is 7. The van der Waals surface area contributed by atoms with E-state index in [4.69, 9.17) is 9.47 Å². The molecule has 0 unspecified atom stereocenters. The van der Waals surface area contributed by atoms with E-state index in [-0.39, 0.29) is 18.6 Å². The topological polar surface area (TPSA) is 47.6 Å². The molecule has 4 heteroatoms. The predicted molar refractivity (Wildman–Crippen MR) is 93.4 cm³/mol. The lowest BCUT2D eigenvalue weighted by Gasteiger charge is -2.14. The highest BCUT2D eigenvalue weighted by Gasteiger charge is 2.23. The Morgan fingerprint density at radius 2 is 1.79 bits per heavy atom. The van der Waals surface area contributed by atoms with Crippen LogP contribution in [0.3, 0.4) is 0 Å². The van der Waals surface area contributed by atoms with Gasteiger partial charge in [-0.3, -0.25) is 4.79 Å². The van der Waals surface area contributed by atoms with Crippen LogP contribution in [0.2, 0.25) is 0 Å². The van der Waals surface area contributed by atoms with Crippen LogP contribution in [0.15, 0.2) is 48.5 Å². The van der Waals surface area contributed by atoms with Crippen LogP contribution in [0, 0.1) is 0 Å². The minimum absolute atomic E-state index is 0.0217. The van der Waals surface area contributed by atoms with Gasteiger partial charge in [0.25, 0.3) is 5.91 Å². The first-order valence-electron chi connectivity index (χ1n) is 8.49. The molecule has 1 aliphatic rings. The maximum Gasteiger partial charge on any atom is 0.258 e. The van der Waals surface area contributed by atoms with Crippen LogP contribution in [0.4, 0.5) is 0 Å². The maximum atomic E-state index is 12.1. The first-order valence-corrected chi connectivity index (χ1v) is 8.49. The van der Waals surface area contributed by atoms with E-state index in [1.54, 1.807) is 0 Å². The molecule has 126 valence electrons. The number of fused-ring (bicyclic) bond motifs is 1. The number of carbonyl (C=O) groups excluding carboxylic acids is 1. The van der Waals surface area contributed by atoms with E-state index in [0.29, 0.717) is 12.4 Å². The molecule has 0 aromatic heterocycles. The second-order valence-electron chi connectivity index (χ2n) is 5.97. The summed E-state index contributed by atoms with van der Waals surface area (Å²) in [6.45, 7) is 2.79. The van der Waals surface area contributed by atoms with Gasteiger partial charge in [0.05, 0.1) is 12.6 Å². The van der Waals surface area contributed by atoms with Crippen LogP contribution in [-0.4, -0.2) is 19.1 Å². The summed E-state index contributed by atoms with van der Waals surface area (Å²) in [5.74, 6) is 1.39. The third-order valence-corrected chi connectivity index (χ3v) is 4.13. The summed E-state index contributed by atoms with van der Waals surface area (Å²) in [4.78, 5) is 12.1. The molecule has 0 radical (unpaired) electrons. The second-order valence-corrected chi connectivity index (χ2v) is 5.97. The van der Waals surface area contributed by atoms with Crippen molar-refractivity contribution in [1.29, 1.82) is 0 Å². The van der Waals surface area contributed by atoms with Crippen molar-refractivity contribution < 1.29 is 14.3 Å². The number of carbonyl (C=O) groups is 1. The van der Waals surface area contributed by atoms with Crippen LogP contribution in [0.5, 0.6) is 11.5 Å². The van der Waals surface area contributed by atoms with Crippen molar-refractivity contribution in [1.82, 2.24) is 5.32 Å². The quantitative estimate of drug-likeness (QED) is 0.845. The number of aryl methyl sites for hydroxylation is 1. The highest BCUT2D eigenvalue weighted by atomic mass is 16.5. The summed E-state index contributed by atoms with van der Waals surface area (Å²) < 4.78 is 11.1. The highest BCUT2D eigenvalue weighted by Crippen LogP contribution is 2.30. The molecule has 0 saturated carbocycles. The molecule has 1 aliphatic carbocycles. The minimum atomic E-state index is -0.0944. The Labute approximate surface area is 142 Å². The summed E-state index contributed by atoms with van der Waals surface area (Å²) >= 11 is 0. The second kappa shape index (κ2) is 7.86. The Morgan fingerprint density at radius 3 is 2.54 bits per heavy atom. The van der Waals surface area contributed by atoms with Crippen molar-refractivity contribution in [3.63, 3.8) is 0 Å². The van der Waals surface area contributed by atoms with E-state index in [1.165, 1.54) is 11.1 Å². The molecular weight excluding hydrogens is 302 g/mol. The molecule has 2 aromatic rings. The van der Waals surface area contributed by atoms with Crippen molar-refractivity contribution >= 4 is 5.91 Å². The van der Waals surface area contributed by atoms with Gasteiger partial charge >= 0.3 is 0 Å². The predicted octanol–water partition coefficient (Wildman–Crippen LogP) is 3.66. The van der Waals surface area contributed by atoms with Crippen molar-refractivity contribution in [2.45, 2.75) is 32.2 Å². The smallest absolute Gasteiger partial charge is 0.258 e. The van der Waals surface area contributed by atoms with Gasteiger partial charge in [0.2, 0.25) is 0 Å². The van der Waals surface area contributed by atoms with Crippen LogP contribution in [-0.2, 0) is 11.2 Å². The van der Waals surface area contributed by atoms with E-state index in [2.05, 4.69) is 24.4 Å².